The molecule has 2 amide bonds. The Bertz CT molecular complexity index is 765. The van der Waals surface area contributed by atoms with E-state index in [9.17, 15) is 9.59 Å². The van der Waals surface area contributed by atoms with Gasteiger partial charge in [0.1, 0.15) is 6.54 Å². The smallest absolute Gasteiger partial charge is 0.243 e. The summed E-state index contributed by atoms with van der Waals surface area (Å²) in [5.74, 6) is 0.967. The molecule has 2 aliphatic rings. The van der Waals surface area contributed by atoms with Gasteiger partial charge in [-0.05, 0) is 38.4 Å². The maximum absolute atomic E-state index is 12.9. The van der Waals surface area contributed by atoms with Crippen molar-refractivity contribution in [3.8, 4) is 0 Å². The highest BCUT2D eigenvalue weighted by Gasteiger charge is 2.33. The zero-order valence-corrected chi connectivity index (χ0v) is 21.8. The number of carbonyl (C=O) groups is 2. The predicted molar refractivity (Wildman–Crippen MR) is 138 cm³/mol. The van der Waals surface area contributed by atoms with Crippen molar-refractivity contribution in [2.75, 3.05) is 67.0 Å². The van der Waals surface area contributed by atoms with Gasteiger partial charge in [0.25, 0.3) is 0 Å². The molecule has 9 heteroatoms. The number of benzene rings is 1. The zero-order chi connectivity index (χ0) is 22.2. The second kappa shape index (κ2) is 13.0. The lowest BCUT2D eigenvalue weighted by Gasteiger charge is -2.38. The molecular formula is C23H37IN6O2. The van der Waals surface area contributed by atoms with Gasteiger partial charge in [0, 0.05) is 46.8 Å². The number of nitrogens with zero attached hydrogens (tertiary/aromatic N) is 5. The first-order chi connectivity index (χ1) is 15.0. The van der Waals surface area contributed by atoms with Crippen LogP contribution in [0.5, 0.6) is 0 Å². The Labute approximate surface area is 209 Å². The van der Waals surface area contributed by atoms with Crippen LogP contribution in [0.4, 0.5) is 0 Å². The van der Waals surface area contributed by atoms with Crippen molar-refractivity contribution in [1.82, 2.24) is 24.9 Å². The molecule has 2 heterocycles. The molecule has 2 fully saturated rings. The number of carbonyl (C=O) groups excluding carboxylic acids is 2. The molecule has 0 radical (unpaired) electrons. The lowest BCUT2D eigenvalue weighted by atomic mass is 10.1. The number of piperazine rings is 1. The van der Waals surface area contributed by atoms with Gasteiger partial charge in [-0.3, -0.25) is 14.5 Å². The van der Waals surface area contributed by atoms with Crippen LogP contribution in [0.1, 0.15) is 18.4 Å². The minimum Gasteiger partial charge on any atom is -0.356 e. The summed E-state index contributed by atoms with van der Waals surface area (Å²) in [5, 5.41) is 3.43. The van der Waals surface area contributed by atoms with E-state index in [-0.39, 0.29) is 48.4 Å². The summed E-state index contributed by atoms with van der Waals surface area (Å²) in [6, 6.07) is 10.3. The van der Waals surface area contributed by atoms with Crippen LogP contribution in [0, 0.1) is 0 Å². The second-order valence-corrected chi connectivity index (χ2v) is 8.54. The number of guanidine groups is 1. The molecule has 0 aliphatic carbocycles. The quantitative estimate of drug-likeness (QED) is 0.323. The van der Waals surface area contributed by atoms with Crippen molar-refractivity contribution in [2.45, 2.75) is 25.3 Å². The molecule has 3 rings (SSSR count). The molecule has 0 spiro atoms. The van der Waals surface area contributed by atoms with Crippen molar-refractivity contribution in [3.63, 3.8) is 0 Å². The van der Waals surface area contributed by atoms with Gasteiger partial charge in [0.15, 0.2) is 5.96 Å². The van der Waals surface area contributed by atoms with Crippen LogP contribution in [0.15, 0.2) is 35.3 Å². The number of likely N-dealkylation sites (N-methyl/N-ethyl adjacent to an activating group) is 2. The molecule has 2 aliphatic heterocycles. The number of rotatable bonds is 6. The van der Waals surface area contributed by atoms with Gasteiger partial charge in [0.05, 0.1) is 6.04 Å². The van der Waals surface area contributed by atoms with Crippen LogP contribution in [0.2, 0.25) is 0 Å². The fraction of sp³-hybridized carbons (Fsp3) is 0.609. The van der Waals surface area contributed by atoms with E-state index < -0.39 is 0 Å². The monoisotopic (exact) mass is 556 g/mol. The maximum Gasteiger partial charge on any atom is 0.243 e. The Morgan fingerprint density at radius 3 is 2.31 bits per heavy atom. The maximum atomic E-state index is 12.9. The summed E-state index contributed by atoms with van der Waals surface area (Å²) in [5.41, 5.74) is 1.26. The van der Waals surface area contributed by atoms with E-state index in [2.05, 4.69) is 32.2 Å². The lowest BCUT2D eigenvalue weighted by molar-refractivity contribution is -0.136. The highest BCUT2D eigenvalue weighted by atomic mass is 127. The highest BCUT2D eigenvalue weighted by molar-refractivity contribution is 14.0. The number of hydrogen-bond acceptors (Lipinski definition) is 4. The Morgan fingerprint density at radius 1 is 1.06 bits per heavy atom. The molecule has 1 aromatic rings. The van der Waals surface area contributed by atoms with Gasteiger partial charge in [-0.15, -0.1) is 24.0 Å². The van der Waals surface area contributed by atoms with Crippen LogP contribution < -0.4 is 5.32 Å². The molecule has 1 unspecified atom stereocenters. The van der Waals surface area contributed by atoms with E-state index in [1.54, 1.807) is 19.0 Å². The summed E-state index contributed by atoms with van der Waals surface area (Å²) in [7, 11) is 5.52. The van der Waals surface area contributed by atoms with E-state index in [0.717, 1.165) is 51.4 Å². The Morgan fingerprint density at radius 2 is 1.72 bits per heavy atom. The zero-order valence-electron chi connectivity index (χ0n) is 19.5. The van der Waals surface area contributed by atoms with Gasteiger partial charge in [-0.2, -0.15) is 0 Å². The van der Waals surface area contributed by atoms with Crippen LogP contribution in [-0.2, 0) is 16.0 Å². The van der Waals surface area contributed by atoms with Crippen molar-refractivity contribution < 1.29 is 9.59 Å². The van der Waals surface area contributed by atoms with E-state index in [1.807, 2.05) is 30.1 Å². The van der Waals surface area contributed by atoms with E-state index in [1.165, 1.54) is 5.56 Å². The molecule has 1 aromatic carbocycles. The van der Waals surface area contributed by atoms with Gasteiger partial charge in [-0.25, -0.2) is 4.99 Å². The summed E-state index contributed by atoms with van der Waals surface area (Å²) >= 11 is 0. The fourth-order valence-electron chi connectivity index (χ4n) is 4.09. The van der Waals surface area contributed by atoms with Crippen molar-refractivity contribution in [1.29, 1.82) is 0 Å². The highest BCUT2D eigenvalue weighted by Crippen LogP contribution is 2.18. The summed E-state index contributed by atoms with van der Waals surface area (Å²) < 4.78 is 0. The van der Waals surface area contributed by atoms with Crippen LogP contribution >= 0.6 is 24.0 Å². The SMILES string of the molecule is CN(C)C(=O)CN=C(NCCc1ccccc1)N1CCN(C(=O)C2CCCN2C)CC1.I. The summed E-state index contributed by atoms with van der Waals surface area (Å²) in [4.78, 5) is 37.4. The summed E-state index contributed by atoms with van der Waals surface area (Å²) in [6.45, 7) is 4.66. The van der Waals surface area contributed by atoms with Crippen LogP contribution in [0.3, 0.4) is 0 Å². The molecule has 1 N–H and O–H groups in total. The Hall–Kier alpha value is -1.88. The molecule has 178 valence electrons. The number of hydrogen-bond donors (Lipinski definition) is 1. The molecule has 32 heavy (non-hydrogen) atoms. The van der Waals surface area contributed by atoms with Crippen LogP contribution in [0.25, 0.3) is 0 Å². The second-order valence-electron chi connectivity index (χ2n) is 8.54. The third-order valence-corrected chi connectivity index (χ3v) is 6.10. The largest absolute Gasteiger partial charge is 0.356 e. The van der Waals surface area contributed by atoms with Gasteiger partial charge < -0.3 is 20.0 Å². The standard InChI is InChI=1S/C23H36N6O2.HI/c1-26(2)21(30)18-25-23(24-12-11-19-8-5-4-6-9-19)29-16-14-28(15-17-29)22(31)20-10-7-13-27(20)3;/h4-6,8-9,20H,7,10-18H2,1-3H3,(H,24,25);1H. The normalized spacial score (nSPS) is 19.5. The minimum atomic E-state index is -0.0274. The van der Waals surface area contributed by atoms with Crippen molar-refractivity contribution >= 4 is 41.8 Å². The third kappa shape index (κ3) is 7.33. The average molecular weight is 556 g/mol. The summed E-state index contributed by atoms with van der Waals surface area (Å²) in [6.07, 6.45) is 2.93. The Kier molecular flexibility index (Phi) is 10.7. The molecule has 8 nitrogen and oxygen atoms in total. The number of halogens is 1. The van der Waals surface area contributed by atoms with E-state index in [4.69, 9.17) is 0 Å². The average Bonchev–Trinajstić information content (AvgIpc) is 3.22. The molecule has 0 saturated carbocycles. The van der Waals surface area contributed by atoms with Gasteiger partial charge in [-0.1, -0.05) is 30.3 Å². The van der Waals surface area contributed by atoms with Crippen LogP contribution in [-0.4, -0.2) is 110 Å². The molecular weight excluding hydrogens is 519 g/mol. The van der Waals surface area contributed by atoms with Crippen molar-refractivity contribution in [3.05, 3.63) is 35.9 Å². The first kappa shape index (κ1) is 26.4. The minimum absolute atomic E-state index is 0. The van der Waals surface area contributed by atoms with E-state index in [0.29, 0.717) is 13.1 Å². The number of likely N-dealkylation sites (tertiary alicyclic amines) is 1. The third-order valence-electron chi connectivity index (χ3n) is 6.10. The topological polar surface area (TPSA) is 71.5 Å². The lowest BCUT2D eigenvalue weighted by Crippen LogP contribution is -2.56. The van der Waals surface area contributed by atoms with Gasteiger partial charge >= 0.3 is 0 Å². The Balaban J connectivity index is 0.00000363. The fourth-order valence-corrected chi connectivity index (χ4v) is 4.09. The molecule has 0 bridgehead atoms. The first-order valence-corrected chi connectivity index (χ1v) is 11.2. The number of nitrogens with one attached hydrogen (secondary N) is 1. The first-order valence-electron chi connectivity index (χ1n) is 11.2. The van der Waals surface area contributed by atoms with E-state index >= 15 is 0 Å². The molecule has 0 aromatic heterocycles. The molecule has 1 atom stereocenters. The van der Waals surface area contributed by atoms with Gasteiger partial charge in [0.2, 0.25) is 11.8 Å². The molecule has 2 saturated heterocycles. The van der Waals surface area contributed by atoms with Crippen molar-refractivity contribution in [2.24, 2.45) is 4.99 Å². The predicted octanol–water partition coefficient (Wildman–Crippen LogP) is 1.12. The number of aliphatic imine (C=N–C) groups is 1. The number of amides is 2.